The Morgan fingerprint density at radius 2 is 2.25 bits per heavy atom. The maximum absolute atomic E-state index is 10.9. The SMILES string of the molecule is Cc1cnc(CNC2CC2)c(C)c1[N+](=O)[O-]. The third-order valence-electron chi connectivity index (χ3n) is 2.89. The number of hydrogen-bond acceptors (Lipinski definition) is 4. The van der Waals surface area contributed by atoms with E-state index in [1.807, 2.05) is 0 Å². The van der Waals surface area contributed by atoms with Crippen LogP contribution in [0.5, 0.6) is 0 Å². The summed E-state index contributed by atoms with van der Waals surface area (Å²) in [5.74, 6) is 0. The van der Waals surface area contributed by atoms with Crippen LogP contribution in [0.25, 0.3) is 0 Å². The Hall–Kier alpha value is -1.49. The fourth-order valence-electron chi connectivity index (χ4n) is 1.75. The maximum Gasteiger partial charge on any atom is 0.278 e. The summed E-state index contributed by atoms with van der Waals surface area (Å²) < 4.78 is 0. The number of hydrogen-bond donors (Lipinski definition) is 1. The monoisotopic (exact) mass is 221 g/mol. The molecule has 0 aliphatic heterocycles. The smallest absolute Gasteiger partial charge is 0.278 e. The minimum absolute atomic E-state index is 0.197. The van der Waals surface area contributed by atoms with E-state index >= 15 is 0 Å². The molecule has 1 aliphatic rings. The molecule has 1 aromatic rings. The average Bonchev–Trinajstić information content (AvgIpc) is 3.00. The highest BCUT2D eigenvalue weighted by Crippen LogP contribution is 2.25. The Labute approximate surface area is 94.0 Å². The Kier molecular flexibility index (Phi) is 2.87. The van der Waals surface area contributed by atoms with Crippen LogP contribution < -0.4 is 5.32 Å². The lowest BCUT2D eigenvalue weighted by atomic mass is 10.1. The highest BCUT2D eigenvalue weighted by atomic mass is 16.6. The summed E-state index contributed by atoms with van der Waals surface area (Å²) in [5, 5.41) is 14.2. The van der Waals surface area contributed by atoms with Crippen LogP contribution in [0.3, 0.4) is 0 Å². The standard InChI is InChI=1S/C11H15N3O2/c1-7-5-13-10(6-12-9-3-4-9)8(2)11(7)14(15)16/h5,9,12H,3-4,6H2,1-2H3. The molecule has 0 aromatic carbocycles. The van der Waals surface area contributed by atoms with Gasteiger partial charge in [-0.25, -0.2) is 0 Å². The number of rotatable bonds is 4. The lowest BCUT2D eigenvalue weighted by Crippen LogP contribution is -2.17. The summed E-state index contributed by atoms with van der Waals surface area (Å²) in [5.41, 5.74) is 2.28. The second kappa shape index (κ2) is 4.17. The molecular weight excluding hydrogens is 206 g/mol. The number of aryl methyl sites for hydroxylation is 1. The fourth-order valence-corrected chi connectivity index (χ4v) is 1.75. The van der Waals surface area contributed by atoms with Crippen molar-refractivity contribution in [3.63, 3.8) is 0 Å². The van der Waals surface area contributed by atoms with Gasteiger partial charge < -0.3 is 5.32 Å². The third kappa shape index (κ3) is 2.19. The van der Waals surface area contributed by atoms with Crippen LogP contribution >= 0.6 is 0 Å². The van der Waals surface area contributed by atoms with Crippen LogP contribution in [0.1, 0.15) is 29.7 Å². The van der Waals surface area contributed by atoms with E-state index < -0.39 is 0 Å². The van der Waals surface area contributed by atoms with Gasteiger partial charge in [0.15, 0.2) is 0 Å². The van der Waals surface area contributed by atoms with Gasteiger partial charge in [0.2, 0.25) is 0 Å². The molecule has 1 aliphatic carbocycles. The molecule has 0 atom stereocenters. The highest BCUT2D eigenvalue weighted by molar-refractivity contribution is 5.47. The Bertz CT molecular complexity index is 427. The minimum Gasteiger partial charge on any atom is -0.308 e. The third-order valence-corrected chi connectivity index (χ3v) is 2.89. The predicted octanol–water partition coefficient (Wildman–Crippen LogP) is 1.86. The Morgan fingerprint density at radius 3 is 2.81 bits per heavy atom. The first kappa shape index (κ1) is 11.0. The van der Waals surface area contributed by atoms with E-state index in [2.05, 4.69) is 10.3 Å². The molecule has 0 spiro atoms. The van der Waals surface area contributed by atoms with Crippen LogP contribution in [0.15, 0.2) is 6.20 Å². The zero-order valence-electron chi connectivity index (χ0n) is 9.49. The van der Waals surface area contributed by atoms with Gasteiger partial charge in [0, 0.05) is 29.9 Å². The Morgan fingerprint density at radius 1 is 1.56 bits per heavy atom. The second-order valence-corrected chi connectivity index (χ2v) is 4.27. The van der Waals surface area contributed by atoms with Crippen molar-refractivity contribution in [3.8, 4) is 0 Å². The van der Waals surface area contributed by atoms with E-state index in [1.165, 1.54) is 12.8 Å². The van der Waals surface area contributed by atoms with Crippen molar-refractivity contribution in [2.45, 2.75) is 39.3 Å². The summed E-state index contributed by atoms with van der Waals surface area (Å²) in [6, 6.07) is 0.585. The predicted molar refractivity (Wildman–Crippen MR) is 60.2 cm³/mol. The van der Waals surface area contributed by atoms with Crippen molar-refractivity contribution in [2.75, 3.05) is 0 Å². The first-order valence-corrected chi connectivity index (χ1v) is 5.42. The molecule has 86 valence electrons. The number of aromatic nitrogens is 1. The second-order valence-electron chi connectivity index (χ2n) is 4.27. The van der Waals surface area contributed by atoms with Gasteiger partial charge in [-0.3, -0.25) is 15.1 Å². The molecule has 1 heterocycles. The summed E-state index contributed by atoms with van der Waals surface area (Å²) in [6.45, 7) is 4.11. The van der Waals surface area contributed by atoms with Crippen molar-refractivity contribution in [1.82, 2.24) is 10.3 Å². The van der Waals surface area contributed by atoms with E-state index in [0.29, 0.717) is 23.7 Å². The molecule has 5 nitrogen and oxygen atoms in total. The molecular formula is C11H15N3O2. The first-order chi connectivity index (χ1) is 7.59. The van der Waals surface area contributed by atoms with E-state index in [4.69, 9.17) is 0 Å². The summed E-state index contributed by atoms with van der Waals surface area (Å²) in [7, 11) is 0. The molecule has 1 N–H and O–H groups in total. The van der Waals surface area contributed by atoms with Gasteiger partial charge in [0.1, 0.15) is 0 Å². The molecule has 1 saturated carbocycles. The van der Waals surface area contributed by atoms with Gasteiger partial charge >= 0.3 is 0 Å². The fraction of sp³-hybridized carbons (Fsp3) is 0.545. The van der Waals surface area contributed by atoms with Crippen LogP contribution in [0.4, 0.5) is 5.69 Å². The first-order valence-electron chi connectivity index (χ1n) is 5.42. The molecule has 16 heavy (non-hydrogen) atoms. The average molecular weight is 221 g/mol. The number of nitro groups is 1. The van der Waals surface area contributed by atoms with Gasteiger partial charge in [-0.15, -0.1) is 0 Å². The van der Waals surface area contributed by atoms with Crippen molar-refractivity contribution >= 4 is 5.69 Å². The Balaban J connectivity index is 2.23. The molecule has 2 rings (SSSR count). The van der Waals surface area contributed by atoms with E-state index in [1.54, 1.807) is 20.0 Å². The maximum atomic E-state index is 10.9. The number of nitrogens with zero attached hydrogens (tertiary/aromatic N) is 2. The molecule has 0 saturated heterocycles. The van der Waals surface area contributed by atoms with Gasteiger partial charge in [-0.05, 0) is 26.7 Å². The largest absolute Gasteiger partial charge is 0.308 e. The lowest BCUT2D eigenvalue weighted by Gasteiger charge is -2.07. The van der Waals surface area contributed by atoms with Crippen molar-refractivity contribution in [1.29, 1.82) is 0 Å². The summed E-state index contributed by atoms with van der Waals surface area (Å²) >= 11 is 0. The molecule has 0 bridgehead atoms. The molecule has 0 unspecified atom stereocenters. The van der Waals surface area contributed by atoms with Gasteiger partial charge in [0.05, 0.1) is 10.6 Å². The zero-order chi connectivity index (χ0) is 11.7. The van der Waals surface area contributed by atoms with Gasteiger partial charge in [-0.2, -0.15) is 0 Å². The van der Waals surface area contributed by atoms with Crippen LogP contribution in [0, 0.1) is 24.0 Å². The van der Waals surface area contributed by atoms with Gasteiger partial charge in [0.25, 0.3) is 5.69 Å². The van der Waals surface area contributed by atoms with Crippen LogP contribution in [0.2, 0.25) is 0 Å². The molecule has 1 aromatic heterocycles. The van der Waals surface area contributed by atoms with Crippen molar-refractivity contribution < 1.29 is 4.92 Å². The molecule has 0 amide bonds. The summed E-state index contributed by atoms with van der Waals surface area (Å²) in [6.07, 6.45) is 3.98. The molecule has 5 heteroatoms. The number of pyridine rings is 1. The normalized spacial score (nSPS) is 15.1. The molecule has 0 radical (unpaired) electrons. The molecule has 1 fully saturated rings. The van der Waals surface area contributed by atoms with E-state index in [9.17, 15) is 10.1 Å². The topological polar surface area (TPSA) is 68.1 Å². The number of nitrogens with one attached hydrogen (secondary N) is 1. The van der Waals surface area contributed by atoms with Gasteiger partial charge in [-0.1, -0.05) is 0 Å². The lowest BCUT2D eigenvalue weighted by molar-refractivity contribution is -0.386. The quantitative estimate of drug-likeness (QED) is 0.622. The summed E-state index contributed by atoms with van der Waals surface area (Å²) in [4.78, 5) is 14.8. The zero-order valence-corrected chi connectivity index (χ0v) is 9.49. The van der Waals surface area contributed by atoms with Crippen molar-refractivity contribution in [3.05, 3.63) is 33.1 Å². The minimum atomic E-state index is -0.326. The van der Waals surface area contributed by atoms with E-state index in [-0.39, 0.29) is 10.6 Å². The van der Waals surface area contributed by atoms with E-state index in [0.717, 1.165) is 5.69 Å². The van der Waals surface area contributed by atoms with Crippen LogP contribution in [-0.2, 0) is 6.54 Å². The van der Waals surface area contributed by atoms with Crippen molar-refractivity contribution in [2.24, 2.45) is 0 Å². The van der Waals surface area contributed by atoms with Crippen LogP contribution in [-0.4, -0.2) is 15.9 Å². The highest BCUT2D eigenvalue weighted by Gasteiger charge is 2.23.